The quantitative estimate of drug-likeness (QED) is 0.612. The Balaban J connectivity index is 1.50. The number of carbonyl (C=O) groups excluding carboxylic acids is 2. The average Bonchev–Trinajstić information content (AvgIpc) is 2.88. The van der Waals surface area contributed by atoms with Gasteiger partial charge < -0.3 is 19.7 Å². The largest absolute Gasteiger partial charge is 0.508 e. The fraction of sp³-hybridized carbons (Fsp3) is 0.630. The summed E-state index contributed by atoms with van der Waals surface area (Å²) in [5, 5.41) is 20.1. The minimum Gasteiger partial charge on any atom is -0.508 e. The van der Waals surface area contributed by atoms with Gasteiger partial charge in [-0.05, 0) is 60.6 Å². The first-order valence-electron chi connectivity index (χ1n) is 12.1. The maximum atomic E-state index is 13.9. The standard InChI is InChI=1S/C27H32O6/c1-13-17-5-6-18-26(4)8-7-20(30)25(2,3)19(26)12-21-27(18,22(13)31)23(17)33-24(32-21)14-9-15(28)11-16(29)10-14/h9-11,17-19,21,23-24,28-29H,1,5-8,12H2,2-4H3/t17-,18-,19+,21+,23+,24-,26-,27-/m0/s1. The van der Waals surface area contributed by atoms with E-state index in [4.69, 9.17) is 9.47 Å². The summed E-state index contributed by atoms with van der Waals surface area (Å²) in [5.41, 5.74) is -0.254. The van der Waals surface area contributed by atoms with Gasteiger partial charge in [-0.3, -0.25) is 9.59 Å². The van der Waals surface area contributed by atoms with Gasteiger partial charge in [0.05, 0.1) is 17.6 Å². The van der Waals surface area contributed by atoms with Gasteiger partial charge in [0, 0.05) is 29.4 Å². The van der Waals surface area contributed by atoms with Crippen molar-refractivity contribution in [3.05, 3.63) is 35.9 Å². The first kappa shape index (κ1) is 21.4. The Labute approximate surface area is 194 Å². The molecule has 8 atom stereocenters. The van der Waals surface area contributed by atoms with E-state index in [-0.39, 0.29) is 52.3 Å². The Morgan fingerprint density at radius 2 is 1.70 bits per heavy atom. The Bertz CT molecular complexity index is 1070. The summed E-state index contributed by atoms with van der Waals surface area (Å²) < 4.78 is 13.1. The Hall–Kier alpha value is -2.18. The van der Waals surface area contributed by atoms with Crippen LogP contribution in [0.2, 0.25) is 0 Å². The number of phenols is 2. The fourth-order valence-corrected chi connectivity index (χ4v) is 8.68. The maximum absolute atomic E-state index is 13.9. The summed E-state index contributed by atoms with van der Waals surface area (Å²) in [7, 11) is 0. The van der Waals surface area contributed by atoms with Gasteiger partial charge in [0.15, 0.2) is 12.1 Å². The molecule has 5 fully saturated rings. The molecule has 6 rings (SSSR count). The molecular weight excluding hydrogens is 420 g/mol. The first-order valence-corrected chi connectivity index (χ1v) is 12.1. The second-order valence-electron chi connectivity index (χ2n) is 11.8. The normalized spacial score (nSPS) is 45.5. The molecule has 1 aromatic rings. The molecule has 33 heavy (non-hydrogen) atoms. The molecule has 0 amide bonds. The molecule has 0 aromatic heterocycles. The highest BCUT2D eigenvalue weighted by Crippen LogP contribution is 2.73. The SMILES string of the molecule is C=C1C(=O)[C@@]23[C@@H]4O[C@@H](c5cc(O)cc(O)c5)O[C@@H]2C[C@@H]2C(C)(C)C(=O)CC[C@@]2(C)[C@@H]3CC[C@@H]14. The van der Waals surface area contributed by atoms with Gasteiger partial charge in [0.2, 0.25) is 0 Å². The van der Waals surface area contributed by atoms with Crippen LogP contribution in [0, 0.1) is 34.0 Å². The number of fused-ring (bicyclic) bond motifs is 2. The van der Waals surface area contributed by atoms with Crippen LogP contribution in [0.3, 0.4) is 0 Å². The van der Waals surface area contributed by atoms with Crippen molar-refractivity contribution in [1.82, 2.24) is 0 Å². The van der Waals surface area contributed by atoms with E-state index in [9.17, 15) is 19.8 Å². The van der Waals surface area contributed by atoms with Crippen molar-refractivity contribution in [3.63, 3.8) is 0 Å². The lowest BCUT2D eigenvalue weighted by Gasteiger charge is -2.67. The first-order chi connectivity index (χ1) is 15.5. The third-order valence-corrected chi connectivity index (χ3v) is 10.1. The van der Waals surface area contributed by atoms with E-state index < -0.39 is 23.2 Å². The number of ketones is 2. The molecule has 2 bridgehead atoms. The topological polar surface area (TPSA) is 93.1 Å². The van der Waals surface area contributed by atoms with Gasteiger partial charge in [-0.2, -0.15) is 0 Å². The van der Waals surface area contributed by atoms with Gasteiger partial charge in [0.1, 0.15) is 17.3 Å². The third-order valence-electron chi connectivity index (χ3n) is 10.1. The fourth-order valence-electron chi connectivity index (χ4n) is 8.68. The zero-order valence-corrected chi connectivity index (χ0v) is 19.5. The van der Waals surface area contributed by atoms with Crippen LogP contribution in [0.4, 0.5) is 0 Å². The number of Topliss-reactive ketones (excluding diaryl/α,β-unsaturated/α-hetero) is 2. The van der Waals surface area contributed by atoms with Crippen molar-refractivity contribution in [2.45, 2.75) is 71.4 Å². The number of hydrogen-bond acceptors (Lipinski definition) is 6. The zero-order chi connectivity index (χ0) is 23.5. The van der Waals surface area contributed by atoms with Crippen LogP contribution in [-0.2, 0) is 19.1 Å². The molecule has 0 radical (unpaired) electrons. The molecule has 0 unspecified atom stereocenters. The number of rotatable bonds is 1. The molecule has 6 nitrogen and oxygen atoms in total. The van der Waals surface area contributed by atoms with Gasteiger partial charge in [-0.1, -0.05) is 27.4 Å². The van der Waals surface area contributed by atoms with Crippen molar-refractivity contribution < 1.29 is 29.3 Å². The van der Waals surface area contributed by atoms with Gasteiger partial charge in [0.25, 0.3) is 0 Å². The Kier molecular flexibility index (Phi) is 4.19. The molecule has 4 aliphatic carbocycles. The molecule has 1 aliphatic heterocycles. The maximum Gasteiger partial charge on any atom is 0.184 e. The molecule has 1 spiro atoms. The predicted molar refractivity (Wildman–Crippen MR) is 119 cm³/mol. The summed E-state index contributed by atoms with van der Waals surface area (Å²) in [5.74, 6) is 0.337. The van der Waals surface area contributed by atoms with Crippen molar-refractivity contribution in [2.24, 2.45) is 34.0 Å². The van der Waals surface area contributed by atoms with Crippen molar-refractivity contribution in [3.8, 4) is 11.5 Å². The van der Waals surface area contributed by atoms with E-state index in [1.54, 1.807) is 0 Å². The Morgan fingerprint density at radius 1 is 1.00 bits per heavy atom. The summed E-state index contributed by atoms with van der Waals surface area (Å²) in [4.78, 5) is 26.9. The minimum atomic E-state index is -0.808. The molecule has 1 heterocycles. The van der Waals surface area contributed by atoms with Crippen LogP contribution < -0.4 is 0 Å². The second-order valence-corrected chi connectivity index (χ2v) is 11.8. The molecule has 2 N–H and O–H groups in total. The highest BCUT2D eigenvalue weighted by Gasteiger charge is 2.77. The van der Waals surface area contributed by atoms with Crippen LogP contribution in [0.1, 0.15) is 64.7 Å². The number of benzene rings is 1. The van der Waals surface area contributed by atoms with Crippen LogP contribution in [-0.4, -0.2) is 34.0 Å². The van der Waals surface area contributed by atoms with Crippen LogP contribution in [0.5, 0.6) is 11.5 Å². The molecule has 6 heteroatoms. The van der Waals surface area contributed by atoms with Crippen molar-refractivity contribution >= 4 is 11.6 Å². The third kappa shape index (κ3) is 2.46. The Morgan fingerprint density at radius 3 is 2.39 bits per heavy atom. The molecular formula is C27H32O6. The summed E-state index contributed by atoms with van der Waals surface area (Å²) >= 11 is 0. The van der Waals surface area contributed by atoms with E-state index in [2.05, 4.69) is 27.4 Å². The number of hydrogen-bond donors (Lipinski definition) is 2. The van der Waals surface area contributed by atoms with Gasteiger partial charge >= 0.3 is 0 Å². The average molecular weight is 453 g/mol. The van der Waals surface area contributed by atoms with Crippen molar-refractivity contribution in [1.29, 1.82) is 0 Å². The van der Waals surface area contributed by atoms with E-state index in [0.717, 1.165) is 19.3 Å². The highest BCUT2D eigenvalue weighted by molar-refractivity contribution is 6.04. The van der Waals surface area contributed by atoms with Crippen LogP contribution >= 0.6 is 0 Å². The molecule has 5 aliphatic rings. The molecule has 176 valence electrons. The summed E-state index contributed by atoms with van der Waals surface area (Å²) in [6.45, 7) is 10.6. The highest BCUT2D eigenvalue weighted by atomic mass is 16.7. The summed E-state index contributed by atoms with van der Waals surface area (Å²) in [6, 6.07) is 4.33. The van der Waals surface area contributed by atoms with Crippen molar-refractivity contribution in [2.75, 3.05) is 0 Å². The smallest absolute Gasteiger partial charge is 0.184 e. The number of carbonyl (C=O) groups is 2. The van der Waals surface area contributed by atoms with E-state index in [1.165, 1.54) is 18.2 Å². The molecule has 1 aromatic carbocycles. The number of phenolic OH excluding ortho intramolecular Hbond substituents is 2. The van der Waals surface area contributed by atoms with Gasteiger partial charge in [-0.15, -0.1) is 0 Å². The predicted octanol–water partition coefficient (Wildman–Crippen LogP) is 4.45. The van der Waals surface area contributed by atoms with Gasteiger partial charge in [-0.25, -0.2) is 0 Å². The second kappa shape index (κ2) is 6.48. The monoisotopic (exact) mass is 452 g/mol. The van der Waals surface area contributed by atoms with E-state index in [1.807, 2.05) is 0 Å². The van der Waals surface area contributed by atoms with E-state index >= 15 is 0 Å². The number of ether oxygens (including phenoxy) is 2. The van der Waals surface area contributed by atoms with Crippen LogP contribution in [0.15, 0.2) is 30.4 Å². The molecule has 4 saturated carbocycles. The summed E-state index contributed by atoms with van der Waals surface area (Å²) in [6.07, 6.45) is 2.13. The lowest BCUT2D eigenvalue weighted by molar-refractivity contribution is -0.347. The zero-order valence-electron chi connectivity index (χ0n) is 19.5. The molecule has 1 saturated heterocycles. The van der Waals surface area contributed by atoms with E-state index in [0.29, 0.717) is 24.0 Å². The number of aromatic hydroxyl groups is 2. The minimum absolute atomic E-state index is 0.0491. The lowest BCUT2D eigenvalue weighted by Crippen LogP contribution is -2.70. The van der Waals surface area contributed by atoms with Crippen LogP contribution in [0.25, 0.3) is 0 Å². The lowest BCUT2D eigenvalue weighted by atomic mass is 9.39.